The van der Waals surface area contributed by atoms with Crippen molar-refractivity contribution in [3.63, 3.8) is 0 Å². The third-order valence-corrected chi connectivity index (χ3v) is 17.4. The van der Waals surface area contributed by atoms with Crippen LogP contribution in [0.15, 0.2) is 65.3 Å². The predicted molar refractivity (Wildman–Crippen MR) is 286 cm³/mol. The number of hydrogen-bond donors (Lipinski definition) is 4. The third kappa shape index (κ3) is 9.89. The smallest absolute Gasteiger partial charge is 0.333 e. The first-order valence-electron chi connectivity index (χ1n) is 27.6. The topological polar surface area (TPSA) is 234 Å². The molecule has 8 unspecified atom stereocenters. The molecule has 13 atom stereocenters. The minimum atomic E-state index is -1.72. The van der Waals surface area contributed by atoms with Gasteiger partial charge in [0.05, 0.1) is 36.7 Å². The fourth-order valence-electron chi connectivity index (χ4n) is 13.4. The molecular formula is C61H77NO16. The van der Waals surface area contributed by atoms with Crippen LogP contribution < -0.4 is 18.9 Å². The van der Waals surface area contributed by atoms with Gasteiger partial charge in [0, 0.05) is 47.4 Å². The van der Waals surface area contributed by atoms with Crippen LogP contribution in [0.2, 0.25) is 0 Å². The lowest BCUT2D eigenvalue weighted by Gasteiger charge is -2.64. The molecule has 422 valence electrons. The number of aliphatic hydroxyl groups excluding tert-OH is 4. The minimum absolute atomic E-state index is 0.0560. The van der Waals surface area contributed by atoms with Gasteiger partial charge in [0.15, 0.2) is 34.3 Å². The zero-order valence-corrected chi connectivity index (χ0v) is 46.6. The van der Waals surface area contributed by atoms with Gasteiger partial charge in [-0.05, 0) is 143 Å². The summed E-state index contributed by atoms with van der Waals surface area (Å²) in [6.45, 7) is 17.8. The molecule has 2 aromatic carbocycles. The Morgan fingerprint density at radius 2 is 1.58 bits per heavy atom. The SMILES string of the molecule is COC(=O)/C(C)=C\CC12OC(C)(C)C3CC(C1=O)C(N1CCCCC1)C1C(=O)c4c(OC(=O)C(C)CC(=O)c5ccc(O[C@@H]6O[C@H](CO)[C@@H](O)[C@H](O)[C@H]6O)cc5)c5c(c(CC=C(C)C)c4OC132)OC(C)(CCC=C(C)C)C=C5. The number of allylic oxidation sites excluding steroid dienone is 4. The average Bonchev–Trinajstić information content (AvgIpc) is 3.82. The Kier molecular flexibility index (Phi) is 16.0. The summed E-state index contributed by atoms with van der Waals surface area (Å²) in [7, 11) is 1.30. The zero-order chi connectivity index (χ0) is 56.4. The van der Waals surface area contributed by atoms with E-state index in [2.05, 4.69) is 11.0 Å². The van der Waals surface area contributed by atoms with Gasteiger partial charge in [-0.3, -0.25) is 24.1 Å². The second-order valence-electron chi connectivity index (χ2n) is 23.8. The largest absolute Gasteiger partial charge is 0.482 e. The van der Waals surface area contributed by atoms with Crippen LogP contribution in [0, 0.1) is 23.7 Å². The van der Waals surface area contributed by atoms with Gasteiger partial charge in [0.2, 0.25) is 6.29 Å². The molecule has 6 fully saturated rings. The molecule has 3 saturated carbocycles. The van der Waals surface area contributed by atoms with Crippen molar-refractivity contribution in [1.82, 2.24) is 4.90 Å². The third-order valence-electron chi connectivity index (χ3n) is 17.4. The van der Waals surface area contributed by atoms with Gasteiger partial charge < -0.3 is 53.6 Å². The Bertz CT molecular complexity index is 2830. The summed E-state index contributed by atoms with van der Waals surface area (Å²) >= 11 is 0. The molecule has 78 heavy (non-hydrogen) atoms. The number of esters is 2. The summed E-state index contributed by atoms with van der Waals surface area (Å²) < 4.78 is 45.0. The number of carbonyl (C=O) groups is 5. The van der Waals surface area contributed by atoms with Crippen molar-refractivity contribution in [3.8, 4) is 23.0 Å². The number of Topliss-reactive ketones (excluding diaryl/α,β-unsaturated/α-hetero) is 3. The molecule has 3 aliphatic carbocycles. The van der Waals surface area contributed by atoms with E-state index in [1.807, 2.05) is 66.7 Å². The van der Waals surface area contributed by atoms with Crippen LogP contribution in [-0.2, 0) is 35.0 Å². The van der Waals surface area contributed by atoms with E-state index >= 15 is 9.59 Å². The maximum Gasteiger partial charge on any atom is 0.333 e. The number of ether oxygens (including phenoxy) is 7. The lowest BCUT2D eigenvalue weighted by molar-refractivity contribution is -0.277. The molecule has 17 nitrogen and oxygen atoms in total. The number of hydrogen-bond acceptors (Lipinski definition) is 17. The Labute approximate surface area is 456 Å². The van der Waals surface area contributed by atoms with E-state index in [1.165, 1.54) is 31.4 Å². The van der Waals surface area contributed by atoms with Gasteiger partial charge >= 0.3 is 11.9 Å². The number of methoxy groups -OCH3 is 1. The van der Waals surface area contributed by atoms with Crippen molar-refractivity contribution in [2.75, 3.05) is 26.8 Å². The van der Waals surface area contributed by atoms with E-state index in [9.17, 15) is 34.8 Å². The lowest BCUT2D eigenvalue weighted by Crippen LogP contribution is -2.82. The molecule has 8 aliphatic rings. The van der Waals surface area contributed by atoms with Crippen LogP contribution in [0.1, 0.15) is 146 Å². The number of nitrogens with zero attached hydrogens (tertiary/aromatic N) is 1. The number of carbonyl (C=O) groups excluding carboxylic acids is 5. The van der Waals surface area contributed by atoms with Gasteiger partial charge in [-0.25, -0.2) is 4.79 Å². The maximum atomic E-state index is 16.7. The summed E-state index contributed by atoms with van der Waals surface area (Å²) in [5, 5.41) is 40.6. The van der Waals surface area contributed by atoms with Crippen molar-refractivity contribution in [3.05, 3.63) is 87.5 Å². The summed E-state index contributed by atoms with van der Waals surface area (Å²) in [6.07, 6.45) is 6.51. The van der Waals surface area contributed by atoms with Gasteiger partial charge in [0.1, 0.15) is 52.8 Å². The fourth-order valence-corrected chi connectivity index (χ4v) is 13.4. The van der Waals surface area contributed by atoms with E-state index in [0.29, 0.717) is 49.2 Å². The first kappa shape index (κ1) is 57.2. The van der Waals surface area contributed by atoms with Crippen molar-refractivity contribution in [1.29, 1.82) is 0 Å². The average molecular weight is 1080 g/mol. The fraction of sp³-hybridized carbons (Fsp3) is 0.590. The number of benzene rings is 2. The van der Waals surface area contributed by atoms with Crippen molar-refractivity contribution >= 4 is 35.4 Å². The first-order valence-corrected chi connectivity index (χ1v) is 27.6. The lowest BCUT2D eigenvalue weighted by atomic mass is 9.44. The quantitative estimate of drug-likeness (QED) is 0.0404. The monoisotopic (exact) mass is 1080 g/mol. The normalized spacial score (nSPS) is 32.8. The Hall–Kier alpha value is -5.53. The predicted octanol–water partition coefficient (Wildman–Crippen LogP) is 7.16. The first-order chi connectivity index (χ1) is 36.9. The van der Waals surface area contributed by atoms with Gasteiger partial charge in [0.25, 0.3) is 0 Å². The molecule has 4 bridgehead atoms. The highest BCUT2D eigenvalue weighted by atomic mass is 16.7. The van der Waals surface area contributed by atoms with E-state index in [1.54, 1.807) is 19.9 Å². The van der Waals surface area contributed by atoms with Crippen LogP contribution in [0.25, 0.3) is 6.08 Å². The van der Waals surface area contributed by atoms with Crippen LogP contribution in [0.3, 0.4) is 0 Å². The zero-order valence-electron chi connectivity index (χ0n) is 46.6. The highest BCUT2D eigenvalue weighted by Gasteiger charge is 2.86. The van der Waals surface area contributed by atoms with Crippen molar-refractivity contribution in [2.24, 2.45) is 23.7 Å². The van der Waals surface area contributed by atoms with Crippen LogP contribution in [0.5, 0.6) is 23.0 Å². The Balaban J connectivity index is 1.15. The number of rotatable bonds is 17. The summed E-state index contributed by atoms with van der Waals surface area (Å²) in [5.41, 5.74) is -1.53. The summed E-state index contributed by atoms with van der Waals surface area (Å²) in [6, 6.07) is 5.26. The van der Waals surface area contributed by atoms with Crippen LogP contribution >= 0.6 is 0 Å². The van der Waals surface area contributed by atoms with Crippen LogP contribution in [-0.4, -0.2) is 141 Å². The van der Waals surface area contributed by atoms with E-state index in [-0.39, 0.29) is 64.8 Å². The van der Waals surface area contributed by atoms with Gasteiger partial charge in [-0.15, -0.1) is 0 Å². The number of piperidine rings is 1. The summed E-state index contributed by atoms with van der Waals surface area (Å²) in [5.74, 6) is -4.82. The molecule has 0 radical (unpaired) electrons. The molecule has 5 aliphatic heterocycles. The second-order valence-corrected chi connectivity index (χ2v) is 23.8. The molecule has 17 heteroatoms. The molecule has 4 N–H and O–H groups in total. The molecule has 2 aromatic rings. The van der Waals surface area contributed by atoms with E-state index < -0.39 is 107 Å². The molecule has 1 spiro atoms. The van der Waals surface area contributed by atoms with E-state index in [0.717, 1.165) is 30.4 Å². The minimum Gasteiger partial charge on any atom is -0.482 e. The van der Waals surface area contributed by atoms with Crippen LogP contribution in [0.4, 0.5) is 0 Å². The highest BCUT2D eigenvalue weighted by Crippen LogP contribution is 2.71. The highest BCUT2D eigenvalue weighted by molar-refractivity contribution is 6.11. The molecule has 0 amide bonds. The van der Waals surface area contributed by atoms with Crippen molar-refractivity contribution in [2.45, 2.75) is 179 Å². The Morgan fingerprint density at radius 1 is 0.885 bits per heavy atom. The van der Waals surface area contributed by atoms with Gasteiger partial charge in [-0.2, -0.15) is 0 Å². The standard InChI is InChI=1S/C61H77NO16/c1-32(2)15-14-24-59(9)25-23-39-51(76-59)38(21-16-33(3)4)53-44(52(39)75-56(71)35(6)29-41(64)36-17-19-37(20-18-36)73-57-50(68)49(67)47(65)42(31-63)74-57)48(66)45-46(62-27-12-11-13-28-62)40-30-43-58(7,8)78-60(54(40)69,61(43,45)77-53)26-22-34(5)55(70)72-10/h15-20,22-23,25,35,40,42-43,45-47,49-50,57,63,65,67-68H,11-14,21,24,26-31H2,1-10H3/b34-22-/t35?,40?,42-,43?,45?,46?,47-,49+,50-,57-,59?,60?,61?/m1/s1. The molecule has 10 rings (SSSR count). The number of likely N-dealkylation sites (tertiary alicyclic amines) is 1. The number of fused-ring (bicyclic) bond motifs is 2. The van der Waals surface area contributed by atoms with Crippen molar-refractivity contribution < 1.29 is 77.6 Å². The van der Waals surface area contributed by atoms with E-state index in [4.69, 9.17) is 33.2 Å². The molecule has 0 aromatic heterocycles. The molecular weight excluding hydrogens is 1000 g/mol. The Morgan fingerprint density at radius 3 is 2.23 bits per heavy atom. The molecule has 3 saturated heterocycles. The molecule has 5 heterocycles. The maximum absolute atomic E-state index is 16.7. The van der Waals surface area contributed by atoms with Gasteiger partial charge in [-0.1, -0.05) is 42.7 Å². The number of aliphatic hydroxyl groups is 4. The summed E-state index contributed by atoms with van der Waals surface area (Å²) in [4.78, 5) is 76.4. The number of ketones is 3. The second kappa shape index (κ2) is 21.8.